The third-order valence-electron chi connectivity index (χ3n) is 2.50. The van der Waals surface area contributed by atoms with Gasteiger partial charge in [0.2, 0.25) is 0 Å². The van der Waals surface area contributed by atoms with Crippen LogP contribution in [0.3, 0.4) is 0 Å². The fourth-order valence-corrected chi connectivity index (χ4v) is 1.58. The molecule has 0 aromatic heterocycles. The highest BCUT2D eigenvalue weighted by Gasteiger charge is 2.10. The summed E-state index contributed by atoms with van der Waals surface area (Å²) in [5.74, 6) is 0.770. The second kappa shape index (κ2) is 7.24. The Bertz CT molecular complexity index is 147. The first-order valence-corrected chi connectivity index (χ1v) is 6.27. The van der Waals surface area contributed by atoms with E-state index in [1.165, 1.54) is 12.8 Å². The zero-order valence-electron chi connectivity index (χ0n) is 11.3. The Morgan fingerprint density at radius 3 is 2.20 bits per heavy atom. The van der Waals surface area contributed by atoms with E-state index >= 15 is 0 Å². The maximum atomic E-state index is 5.72. The zero-order valence-corrected chi connectivity index (χ0v) is 11.3. The van der Waals surface area contributed by atoms with Gasteiger partial charge >= 0.3 is 0 Å². The van der Waals surface area contributed by atoms with Crippen LogP contribution in [0.15, 0.2) is 0 Å². The van der Waals surface area contributed by atoms with E-state index in [4.69, 9.17) is 5.73 Å². The van der Waals surface area contributed by atoms with Gasteiger partial charge in [-0.1, -0.05) is 34.1 Å². The third kappa shape index (κ3) is 11.8. The average molecular weight is 214 g/mol. The van der Waals surface area contributed by atoms with Gasteiger partial charge < -0.3 is 11.1 Å². The van der Waals surface area contributed by atoms with Crippen LogP contribution in [-0.2, 0) is 0 Å². The van der Waals surface area contributed by atoms with Gasteiger partial charge in [0, 0.05) is 6.04 Å². The molecule has 2 unspecified atom stereocenters. The molecule has 0 fully saturated rings. The minimum atomic E-state index is 0.361. The van der Waals surface area contributed by atoms with Crippen molar-refractivity contribution in [1.82, 2.24) is 5.32 Å². The molecule has 2 atom stereocenters. The molecule has 15 heavy (non-hydrogen) atoms. The molecule has 0 aromatic carbocycles. The average Bonchev–Trinajstić information content (AvgIpc) is 2.00. The van der Waals surface area contributed by atoms with E-state index in [1.54, 1.807) is 0 Å². The molecule has 0 aromatic rings. The van der Waals surface area contributed by atoms with Gasteiger partial charge in [-0.25, -0.2) is 0 Å². The van der Waals surface area contributed by atoms with Crippen molar-refractivity contribution in [2.24, 2.45) is 17.1 Å². The van der Waals surface area contributed by atoms with Crippen LogP contribution in [0.2, 0.25) is 0 Å². The van der Waals surface area contributed by atoms with Crippen molar-refractivity contribution < 1.29 is 0 Å². The van der Waals surface area contributed by atoms with Crippen LogP contribution >= 0.6 is 0 Å². The number of hydrogen-bond donors (Lipinski definition) is 2. The van der Waals surface area contributed by atoms with E-state index in [0.29, 0.717) is 11.5 Å². The van der Waals surface area contributed by atoms with Crippen molar-refractivity contribution in [3.8, 4) is 0 Å². The molecule has 0 saturated carbocycles. The molecular weight excluding hydrogens is 184 g/mol. The third-order valence-corrected chi connectivity index (χ3v) is 2.50. The first-order valence-electron chi connectivity index (χ1n) is 6.27. The maximum absolute atomic E-state index is 5.72. The molecule has 0 aliphatic rings. The van der Waals surface area contributed by atoms with Gasteiger partial charge in [-0.2, -0.15) is 0 Å². The first kappa shape index (κ1) is 14.9. The van der Waals surface area contributed by atoms with Crippen LogP contribution in [0.1, 0.15) is 53.9 Å². The van der Waals surface area contributed by atoms with Gasteiger partial charge in [0.05, 0.1) is 0 Å². The summed E-state index contributed by atoms with van der Waals surface area (Å²) in [6.07, 6.45) is 3.71. The summed E-state index contributed by atoms with van der Waals surface area (Å²) in [6.45, 7) is 13.4. The Labute approximate surface area is 96.0 Å². The molecular formula is C13H30N2. The lowest BCUT2D eigenvalue weighted by atomic mass is 9.96. The molecule has 3 N–H and O–H groups in total. The van der Waals surface area contributed by atoms with E-state index in [-0.39, 0.29) is 0 Å². The van der Waals surface area contributed by atoms with Crippen LogP contribution in [0.25, 0.3) is 0 Å². The summed E-state index contributed by atoms with van der Waals surface area (Å²) >= 11 is 0. The predicted molar refractivity (Wildman–Crippen MR) is 69.0 cm³/mol. The SMILES string of the molecule is CC(N)CCCC(C)CNCC(C)(C)C. The first-order chi connectivity index (χ1) is 6.81. The van der Waals surface area contributed by atoms with Gasteiger partial charge in [-0.3, -0.25) is 0 Å². The Morgan fingerprint density at radius 1 is 1.13 bits per heavy atom. The Hall–Kier alpha value is -0.0800. The highest BCUT2D eigenvalue weighted by atomic mass is 14.9. The summed E-state index contributed by atoms with van der Waals surface area (Å²) in [4.78, 5) is 0. The molecule has 0 rings (SSSR count). The van der Waals surface area contributed by atoms with Crippen molar-refractivity contribution in [1.29, 1.82) is 0 Å². The quantitative estimate of drug-likeness (QED) is 0.684. The van der Waals surface area contributed by atoms with Crippen LogP contribution in [0.4, 0.5) is 0 Å². The lowest BCUT2D eigenvalue weighted by Crippen LogP contribution is -2.30. The van der Waals surface area contributed by atoms with Crippen LogP contribution in [0, 0.1) is 11.3 Å². The van der Waals surface area contributed by atoms with Crippen molar-refractivity contribution >= 4 is 0 Å². The summed E-state index contributed by atoms with van der Waals surface area (Å²) in [5.41, 5.74) is 6.11. The lowest BCUT2D eigenvalue weighted by molar-refractivity contribution is 0.354. The van der Waals surface area contributed by atoms with Crippen molar-refractivity contribution in [2.45, 2.75) is 59.9 Å². The largest absolute Gasteiger partial charge is 0.328 e. The minimum absolute atomic E-state index is 0.361. The second-order valence-corrected chi connectivity index (χ2v) is 6.20. The lowest BCUT2D eigenvalue weighted by Gasteiger charge is -2.21. The molecule has 0 heterocycles. The molecule has 92 valence electrons. The molecule has 0 aliphatic heterocycles. The minimum Gasteiger partial charge on any atom is -0.328 e. The van der Waals surface area contributed by atoms with Gasteiger partial charge in [-0.05, 0) is 44.2 Å². The van der Waals surface area contributed by atoms with E-state index in [0.717, 1.165) is 25.4 Å². The highest BCUT2D eigenvalue weighted by molar-refractivity contribution is 4.67. The molecule has 0 spiro atoms. The van der Waals surface area contributed by atoms with Crippen molar-refractivity contribution in [3.63, 3.8) is 0 Å². The van der Waals surface area contributed by atoms with Crippen LogP contribution in [0.5, 0.6) is 0 Å². The number of nitrogens with two attached hydrogens (primary N) is 1. The van der Waals surface area contributed by atoms with Crippen molar-refractivity contribution in [2.75, 3.05) is 13.1 Å². The Morgan fingerprint density at radius 2 is 1.73 bits per heavy atom. The molecule has 0 amide bonds. The van der Waals surface area contributed by atoms with Gasteiger partial charge in [0.1, 0.15) is 0 Å². The van der Waals surface area contributed by atoms with E-state index < -0.39 is 0 Å². The Balaban J connectivity index is 3.37. The van der Waals surface area contributed by atoms with Gasteiger partial charge in [-0.15, -0.1) is 0 Å². The van der Waals surface area contributed by atoms with Gasteiger partial charge in [0.25, 0.3) is 0 Å². The Kier molecular flexibility index (Phi) is 7.20. The predicted octanol–water partition coefficient (Wildman–Crippen LogP) is 2.78. The topological polar surface area (TPSA) is 38.0 Å². The summed E-state index contributed by atoms with van der Waals surface area (Å²) in [6, 6.07) is 0.361. The van der Waals surface area contributed by atoms with Crippen LogP contribution < -0.4 is 11.1 Å². The fourth-order valence-electron chi connectivity index (χ4n) is 1.58. The molecule has 0 bridgehead atoms. The smallest absolute Gasteiger partial charge is 0.00104 e. The van der Waals surface area contributed by atoms with E-state index in [9.17, 15) is 0 Å². The highest BCUT2D eigenvalue weighted by Crippen LogP contribution is 2.12. The van der Waals surface area contributed by atoms with Crippen molar-refractivity contribution in [3.05, 3.63) is 0 Å². The molecule has 2 nitrogen and oxygen atoms in total. The molecule has 0 saturated heterocycles. The molecule has 2 heteroatoms. The number of nitrogens with one attached hydrogen (secondary N) is 1. The zero-order chi connectivity index (χ0) is 11.9. The summed E-state index contributed by atoms with van der Waals surface area (Å²) in [5, 5.41) is 3.53. The van der Waals surface area contributed by atoms with E-state index in [1.807, 2.05) is 0 Å². The molecule has 0 radical (unpaired) electrons. The molecule has 0 aliphatic carbocycles. The summed E-state index contributed by atoms with van der Waals surface area (Å²) < 4.78 is 0. The number of rotatable bonds is 7. The standard InChI is InChI=1S/C13H30N2/c1-11(7-6-8-12(2)14)9-15-10-13(3,4)5/h11-12,15H,6-10,14H2,1-5H3. The number of hydrogen-bond acceptors (Lipinski definition) is 2. The monoisotopic (exact) mass is 214 g/mol. The fraction of sp³-hybridized carbons (Fsp3) is 1.00. The van der Waals surface area contributed by atoms with Gasteiger partial charge in [0.15, 0.2) is 0 Å². The van der Waals surface area contributed by atoms with Crippen LogP contribution in [-0.4, -0.2) is 19.1 Å². The summed E-state index contributed by atoms with van der Waals surface area (Å²) in [7, 11) is 0. The normalized spacial score (nSPS) is 16.4. The second-order valence-electron chi connectivity index (χ2n) is 6.20. The van der Waals surface area contributed by atoms with E-state index in [2.05, 4.69) is 39.9 Å². The maximum Gasteiger partial charge on any atom is 0.00104 e.